The molecular formula is C28H29N5O6S. The summed E-state index contributed by atoms with van der Waals surface area (Å²) in [6.07, 6.45) is 0.762. The topological polar surface area (TPSA) is 147 Å². The van der Waals surface area contributed by atoms with E-state index in [0.717, 1.165) is 4.88 Å². The number of nitrogens with one attached hydrogen (secondary N) is 2. The van der Waals surface area contributed by atoms with Gasteiger partial charge in [0.25, 0.3) is 0 Å². The monoisotopic (exact) mass is 563 g/mol. The highest BCUT2D eigenvalue weighted by Gasteiger charge is 2.52. The molecule has 40 heavy (non-hydrogen) atoms. The summed E-state index contributed by atoms with van der Waals surface area (Å²) in [6, 6.07) is 17.0. The van der Waals surface area contributed by atoms with Gasteiger partial charge in [0.1, 0.15) is 29.9 Å². The normalized spacial score (nSPS) is 17.5. The van der Waals surface area contributed by atoms with Crippen LogP contribution in [0.1, 0.15) is 16.9 Å². The van der Waals surface area contributed by atoms with Gasteiger partial charge in [-0.1, -0.05) is 18.2 Å². The van der Waals surface area contributed by atoms with E-state index >= 15 is 0 Å². The number of rotatable bonds is 10. The fourth-order valence-corrected chi connectivity index (χ4v) is 5.53. The SMILES string of the molecule is N=C(N)c1csc(CNC(=O)[C@@H]2CC3(CN2C(=O)CN(C=O)c2ccc(Oc4ccccc4)cc2)OCCO3)c1. The molecule has 0 unspecified atom stereocenters. The number of hydrogen-bond donors (Lipinski definition) is 3. The molecule has 2 aromatic carbocycles. The number of amides is 3. The Balaban J connectivity index is 1.25. The van der Waals surface area contributed by atoms with Gasteiger partial charge in [0.05, 0.1) is 26.3 Å². The number of carbonyl (C=O) groups excluding carboxylic acids is 3. The van der Waals surface area contributed by atoms with Crippen LogP contribution in [0.5, 0.6) is 11.5 Å². The number of likely N-dealkylation sites (tertiary alicyclic amines) is 1. The number of nitrogens with zero attached hydrogens (tertiary/aromatic N) is 2. The van der Waals surface area contributed by atoms with E-state index in [1.807, 2.05) is 30.3 Å². The second kappa shape index (κ2) is 11.9. The largest absolute Gasteiger partial charge is 0.457 e. The molecule has 3 heterocycles. The molecule has 0 saturated carbocycles. The number of thiophene rings is 1. The number of para-hydroxylation sites is 1. The van der Waals surface area contributed by atoms with E-state index in [9.17, 15) is 14.4 Å². The van der Waals surface area contributed by atoms with Gasteiger partial charge in [-0.15, -0.1) is 11.3 Å². The highest BCUT2D eigenvalue weighted by molar-refractivity contribution is 7.10. The Morgan fingerprint density at radius 1 is 1.15 bits per heavy atom. The molecule has 0 radical (unpaired) electrons. The molecule has 2 fully saturated rings. The molecule has 1 spiro atoms. The Labute approximate surface area is 234 Å². The fourth-order valence-electron chi connectivity index (χ4n) is 4.70. The minimum atomic E-state index is -1.05. The first-order chi connectivity index (χ1) is 19.4. The lowest BCUT2D eigenvalue weighted by Gasteiger charge is -2.26. The predicted octanol–water partition coefficient (Wildman–Crippen LogP) is 2.45. The molecule has 0 aliphatic carbocycles. The van der Waals surface area contributed by atoms with Crippen LogP contribution in [-0.4, -0.2) is 67.1 Å². The zero-order valence-electron chi connectivity index (χ0n) is 21.6. The number of anilines is 1. The van der Waals surface area contributed by atoms with Gasteiger partial charge in [-0.05, 0) is 42.5 Å². The van der Waals surface area contributed by atoms with Crippen molar-refractivity contribution in [3.05, 3.63) is 76.5 Å². The number of ether oxygens (including phenoxy) is 3. The van der Waals surface area contributed by atoms with Gasteiger partial charge in [0.15, 0.2) is 5.79 Å². The quantitative estimate of drug-likeness (QED) is 0.195. The second-order valence-corrected chi connectivity index (χ2v) is 10.4. The zero-order valence-corrected chi connectivity index (χ0v) is 22.4. The van der Waals surface area contributed by atoms with Crippen LogP contribution < -0.4 is 20.7 Å². The Bertz CT molecular complexity index is 1370. The molecule has 11 nitrogen and oxygen atoms in total. The first-order valence-electron chi connectivity index (χ1n) is 12.7. The average molecular weight is 564 g/mol. The van der Waals surface area contributed by atoms with Crippen LogP contribution in [0.25, 0.3) is 0 Å². The Kier molecular flexibility index (Phi) is 8.10. The van der Waals surface area contributed by atoms with Crippen molar-refractivity contribution in [2.24, 2.45) is 5.73 Å². The van der Waals surface area contributed by atoms with Gasteiger partial charge >= 0.3 is 0 Å². The van der Waals surface area contributed by atoms with Crippen LogP contribution >= 0.6 is 11.3 Å². The van der Waals surface area contributed by atoms with Gasteiger partial charge in [0, 0.05) is 27.9 Å². The van der Waals surface area contributed by atoms with E-state index in [1.165, 1.54) is 21.1 Å². The third kappa shape index (κ3) is 6.14. The summed E-state index contributed by atoms with van der Waals surface area (Å²) in [6.45, 7) is 0.777. The van der Waals surface area contributed by atoms with Gasteiger partial charge in [-0.25, -0.2) is 0 Å². The third-order valence-electron chi connectivity index (χ3n) is 6.71. The lowest BCUT2D eigenvalue weighted by Crippen LogP contribution is -2.49. The van der Waals surface area contributed by atoms with Crippen molar-refractivity contribution in [2.45, 2.75) is 24.8 Å². The Hall–Kier alpha value is -4.26. The predicted molar refractivity (Wildman–Crippen MR) is 148 cm³/mol. The molecule has 12 heteroatoms. The molecule has 1 atom stereocenters. The number of carbonyl (C=O) groups is 3. The maximum absolute atomic E-state index is 13.5. The maximum Gasteiger partial charge on any atom is 0.243 e. The summed E-state index contributed by atoms with van der Waals surface area (Å²) in [5.41, 5.74) is 6.62. The average Bonchev–Trinajstić information content (AvgIpc) is 3.72. The Morgan fingerprint density at radius 2 is 1.85 bits per heavy atom. The lowest BCUT2D eigenvalue weighted by molar-refractivity contribution is -0.152. The lowest BCUT2D eigenvalue weighted by atomic mass is 10.1. The highest BCUT2D eigenvalue weighted by Crippen LogP contribution is 2.35. The molecule has 2 saturated heterocycles. The van der Waals surface area contributed by atoms with E-state index in [2.05, 4.69) is 5.32 Å². The van der Waals surface area contributed by atoms with Crippen molar-refractivity contribution in [3.8, 4) is 11.5 Å². The van der Waals surface area contributed by atoms with Gasteiger partial charge in [-0.3, -0.25) is 19.8 Å². The summed E-state index contributed by atoms with van der Waals surface area (Å²) < 4.78 is 17.4. The third-order valence-corrected chi connectivity index (χ3v) is 7.65. The number of nitrogens with two attached hydrogens (primary N) is 1. The fraction of sp³-hybridized carbons (Fsp3) is 0.286. The van der Waals surface area contributed by atoms with E-state index in [0.29, 0.717) is 42.4 Å². The van der Waals surface area contributed by atoms with Crippen molar-refractivity contribution in [2.75, 3.05) is 31.2 Å². The van der Waals surface area contributed by atoms with Gasteiger partial charge in [-0.2, -0.15) is 0 Å². The molecule has 0 bridgehead atoms. The molecule has 3 aromatic rings. The van der Waals surface area contributed by atoms with Crippen LogP contribution in [0.3, 0.4) is 0 Å². The minimum Gasteiger partial charge on any atom is -0.457 e. The van der Waals surface area contributed by atoms with Crippen LogP contribution in [0, 0.1) is 5.41 Å². The highest BCUT2D eigenvalue weighted by atomic mass is 32.1. The maximum atomic E-state index is 13.5. The number of benzene rings is 2. The van der Waals surface area contributed by atoms with Gasteiger partial charge < -0.3 is 35.1 Å². The number of nitrogen functional groups attached to an aromatic ring is 1. The number of amidine groups is 1. The molecule has 3 amide bonds. The van der Waals surface area contributed by atoms with Crippen molar-refractivity contribution < 1.29 is 28.6 Å². The van der Waals surface area contributed by atoms with E-state index in [1.54, 1.807) is 35.7 Å². The summed E-state index contributed by atoms with van der Waals surface area (Å²) in [5, 5.41) is 12.2. The van der Waals surface area contributed by atoms with Gasteiger partial charge in [0.2, 0.25) is 18.2 Å². The number of hydrogen-bond acceptors (Lipinski definition) is 8. The van der Waals surface area contributed by atoms with Crippen LogP contribution in [0.4, 0.5) is 5.69 Å². The standard InChI is InChI=1S/C28H29N5O6S/c29-26(30)19-12-23(40-16-19)14-31-27(36)24-13-28(37-10-11-38-28)17-33(24)25(35)15-32(18-34)20-6-8-22(9-7-20)39-21-4-2-1-3-5-21/h1-9,12,16,18,24H,10-11,13-15,17H2,(H3,29,30)(H,31,36)/t24-/m0/s1. The first kappa shape index (κ1) is 27.3. The van der Waals surface area contributed by atoms with E-state index in [-0.39, 0.29) is 37.8 Å². The van der Waals surface area contributed by atoms with E-state index in [4.69, 9.17) is 25.4 Å². The molecule has 208 valence electrons. The summed E-state index contributed by atoms with van der Waals surface area (Å²) in [5.74, 6) is -0.603. The first-order valence-corrected chi connectivity index (χ1v) is 13.6. The molecule has 2 aliphatic heterocycles. The summed E-state index contributed by atoms with van der Waals surface area (Å²) in [7, 11) is 0. The van der Waals surface area contributed by atoms with Crippen LogP contribution in [0.15, 0.2) is 66.0 Å². The van der Waals surface area contributed by atoms with Crippen molar-refractivity contribution in [3.63, 3.8) is 0 Å². The zero-order chi connectivity index (χ0) is 28.1. The van der Waals surface area contributed by atoms with Crippen molar-refractivity contribution in [1.82, 2.24) is 10.2 Å². The molecule has 1 aromatic heterocycles. The van der Waals surface area contributed by atoms with Crippen LogP contribution in [-0.2, 0) is 30.4 Å². The smallest absolute Gasteiger partial charge is 0.243 e. The van der Waals surface area contributed by atoms with Crippen LogP contribution in [0.2, 0.25) is 0 Å². The minimum absolute atomic E-state index is 0.0445. The summed E-state index contributed by atoms with van der Waals surface area (Å²) in [4.78, 5) is 42.2. The molecule has 4 N–H and O–H groups in total. The summed E-state index contributed by atoms with van der Waals surface area (Å²) >= 11 is 1.38. The van der Waals surface area contributed by atoms with E-state index < -0.39 is 17.7 Å². The molecule has 2 aliphatic rings. The second-order valence-electron chi connectivity index (χ2n) is 9.42. The van der Waals surface area contributed by atoms with Crippen molar-refractivity contribution >= 4 is 41.1 Å². The molecular weight excluding hydrogens is 534 g/mol. The van der Waals surface area contributed by atoms with Crippen molar-refractivity contribution in [1.29, 1.82) is 5.41 Å². The Morgan fingerprint density at radius 3 is 2.50 bits per heavy atom. The molecule has 5 rings (SSSR count).